The number of carboxylic acids is 1. The van der Waals surface area contributed by atoms with Crippen LogP contribution in [0.4, 0.5) is 5.69 Å². The van der Waals surface area contributed by atoms with Gasteiger partial charge in [-0.15, -0.1) is 23.7 Å². The number of aromatic nitrogens is 1. The van der Waals surface area contributed by atoms with Gasteiger partial charge in [-0.05, 0) is 47.5 Å². The van der Waals surface area contributed by atoms with Gasteiger partial charge in [0.2, 0.25) is 0 Å². The zero-order chi connectivity index (χ0) is 26.1. The maximum absolute atomic E-state index is 11.7. The third kappa shape index (κ3) is 5.26. The van der Waals surface area contributed by atoms with Crippen LogP contribution in [0.2, 0.25) is 0 Å². The maximum Gasteiger partial charge on any atom is 0.345 e. The van der Waals surface area contributed by atoms with Gasteiger partial charge in [-0.25, -0.2) is 4.79 Å². The zero-order valence-corrected chi connectivity index (χ0v) is 23.1. The summed E-state index contributed by atoms with van der Waals surface area (Å²) >= 11 is 1.32. The Morgan fingerprint density at radius 1 is 0.949 bits per heavy atom. The summed E-state index contributed by atoms with van der Waals surface area (Å²) in [5, 5.41) is 9.58. The van der Waals surface area contributed by atoms with Crippen molar-refractivity contribution in [2.24, 2.45) is 7.05 Å². The van der Waals surface area contributed by atoms with Gasteiger partial charge in [-0.1, -0.05) is 48.5 Å². The lowest BCUT2D eigenvalue weighted by Crippen LogP contribution is -2.36. The molecule has 3 heterocycles. The number of anilines is 1. The van der Waals surface area contributed by atoms with Crippen LogP contribution in [0, 0.1) is 0 Å². The predicted octanol–water partition coefficient (Wildman–Crippen LogP) is 7.11. The van der Waals surface area contributed by atoms with Gasteiger partial charge >= 0.3 is 5.97 Å². The molecular formula is C31H29ClN2O4S. The number of carbonyl (C=O) groups is 1. The van der Waals surface area contributed by atoms with Gasteiger partial charge < -0.3 is 24.0 Å². The minimum atomic E-state index is -0.900. The number of hydrogen-bond donors (Lipinski definition) is 1. The van der Waals surface area contributed by atoms with Crippen molar-refractivity contribution >= 4 is 45.6 Å². The largest absolute Gasteiger partial charge is 0.489 e. The maximum atomic E-state index is 11.7. The number of nitrogens with zero attached hydrogens (tertiary/aromatic N) is 2. The van der Waals surface area contributed by atoms with E-state index in [1.165, 1.54) is 17.0 Å². The van der Waals surface area contributed by atoms with Gasteiger partial charge in [-0.3, -0.25) is 0 Å². The lowest BCUT2D eigenvalue weighted by molar-refractivity contribution is 0.0702. The molecule has 0 aliphatic carbocycles. The minimum Gasteiger partial charge on any atom is -0.489 e. The third-order valence-electron chi connectivity index (χ3n) is 7.01. The van der Waals surface area contributed by atoms with Crippen LogP contribution in [0.3, 0.4) is 0 Å². The number of hydrogen-bond acceptors (Lipinski definition) is 5. The Morgan fingerprint density at radius 2 is 1.64 bits per heavy atom. The van der Waals surface area contributed by atoms with Gasteiger partial charge in [0.15, 0.2) is 0 Å². The molecule has 39 heavy (non-hydrogen) atoms. The van der Waals surface area contributed by atoms with E-state index in [-0.39, 0.29) is 12.4 Å². The Morgan fingerprint density at radius 3 is 2.36 bits per heavy atom. The summed E-state index contributed by atoms with van der Waals surface area (Å²) in [4.78, 5) is 14.4. The molecule has 1 aliphatic rings. The monoisotopic (exact) mass is 560 g/mol. The first-order valence-corrected chi connectivity index (χ1v) is 13.5. The average molecular weight is 561 g/mol. The SMILES string of the molecule is Cl.Cn1c(-c2ccc(OCc3ccccc3N3CCOCC3)cc2)c(-c2ccccc2)c2sc(C(=O)O)cc21. The second-order valence-corrected chi connectivity index (χ2v) is 10.4. The fourth-order valence-corrected chi connectivity index (χ4v) is 6.23. The van der Waals surface area contributed by atoms with Crippen molar-refractivity contribution in [3.05, 3.63) is 95.4 Å². The van der Waals surface area contributed by atoms with E-state index in [0.29, 0.717) is 11.5 Å². The Hall–Kier alpha value is -3.78. The summed E-state index contributed by atoms with van der Waals surface area (Å²) in [6, 6.07) is 28.5. The van der Waals surface area contributed by atoms with Gasteiger partial charge in [0, 0.05) is 37.0 Å². The molecular weight excluding hydrogens is 532 g/mol. The molecule has 0 saturated carbocycles. The van der Waals surface area contributed by atoms with Crippen molar-refractivity contribution in [3.8, 4) is 28.1 Å². The molecule has 2 aromatic heterocycles. The molecule has 1 aliphatic heterocycles. The van der Waals surface area contributed by atoms with Crippen LogP contribution in [0.5, 0.6) is 5.75 Å². The Kier molecular flexibility index (Phi) is 7.93. The van der Waals surface area contributed by atoms with Crippen LogP contribution in [0.15, 0.2) is 84.9 Å². The molecule has 1 fully saturated rings. The summed E-state index contributed by atoms with van der Waals surface area (Å²) in [6.07, 6.45) is 0. The van der Waals surface area contributed by atoms with Crippen molar-refractivity contribution < 1.29 is 19.4 Å². The molecule has 1 saturated heterocycles. The number of rotatable bonds is 7. The van der Waals surface area contributed by atoms with E-state index in [9.17, 15) is 9.90 Å². The van der Waals surface area contributed by atoms with Crippen LogP contribution in [-0.2, 0) is 18.4 Å². The molecule has 200 valence electrons. The predicted molar refractivity (Wildman–Crippen MR) is 160 cm³/mol. The molecule has 0 amide bonds. The third-order valence-corrected chi connectivity index (χ3v) is 8.14. The number of thiophene rings is 1. The molecule has 0 radical (unpaired) electrons. The highest BCUT2D eigenvalue weighted by atomic mass is 35.5. The van der Waals surface area contributed by atoms with Crippen LogP contribution >= 0.6 is 23.7 Å². The second-order valence-electron chi connectivity index (χ2n) is 9.32. The van der Waals surface area contributed by atoms with E-state index in [2.05, 4.69) is 51.9 Å². The normalized spacial score (nSPS) is 13.3. The second kappa shape index (κ2) is 11.5. The van der Waals surface area contributed by atoms with Gasteiger partial charge in [-0.2, -0.15) is 0 Å². The molecule has 0 atom stereocenters. The van der Waals surface area contributed by atoms with Crippen molar-refractivity contribution in [2.75, 3.05) is 31.2 Å². The van der Waals surface area contributed by atoms with Crippen LogP contribution in [-0.4, -0.2) is 41.9 Å². The van der Waals surface area contributed by atoms with Gasteiger partial charge in [0.1, 0.15) is 17.2 Å². The number of aryl methyl sites for hydroxylation is 1. The smallest absolute Gasteiger partial charge is 0.345 e. The van der Waals surface area contributed by atoms with Crippen molar-refractivity contribution in [1.82, 2.24) is 4.57 Å². The number of fused-ring (bicyclic) bond motifs is 1. The first-order chi connectivity index (χ1) is 18.6. The number of morpholine rings is 1. The zero-order valence-electron chi connectivity index (χ0n) is 21.5. The lowest BCUT2D eigenvalue weighted by atomic mass is 10.0. The first-order valence-electron chi connectivity index (χ1n) is 12.6. The molecule has 0 spiro atoms. The summed E-state index contributed by atoms with van der Waals surface area (Å²) < 4.78 is 14.8. The Balaban J connectivity index is 0.00000308. The fraction of sp³-hybridized carbons (Fsp3) is 0.194. The highest BCUT2D eigenvalue weighted by Gasteiger charge is 2.22. The van der Waals surface area contributed by atoms with Crippen molar-refractivity contribution in [2.45, 2.75) is 6.61 Å². The molecule has 1 N–H and O–H groups in total. The lowest BCUT2D eigenvalue weighted by Gasteiger charge is -2.30. The van der Waals surface area contributed by atoms with Gasteiger partial charge in [0.05, 0.1) is 29.1 Å². The highest BCUT2D eigenvalue weighted by molar-refractivity contribution is 7.21. The van der Waals surface area contributed by atoms with Gasteiger partial charge in [0.25, 0.3) is 0 Å². The number of aromatic carboxylic acids is 1. The van der Waals surface area contributed by atoms with Crippen LogP contribution in [0.25, 0.3) is 32.6 Å². The quantitative estimate of drug-likeness (QED) is 0.230. The van der Waals surface area contributed by atoms with E-state index in [0.717, 1.165) is 70.2 Å². The number of halogens is 1. The van der Waals surface area contributed by atoms with Crippen LogP contribution < -0.4 is 9.64 Å². The van der Waals surface area contributed by atoms with E-state index >= 15 is 0 Å². The topological polar surface area (TPSA) is 63.9 Å². The summed E-state index contributed by atoms with van der Waals surface area (Å²) in [5.74, 6) is -0.0977. The van der Waals surface area contributed by atoms with E-state index < -0.39 is 5.97 Å². The minimum absolute atomic E-state index is 0. The van der Waals surface area contributed by atoms with Crippen molar-refractivity contribution in [3.63, 3.8) is 0 Å². The number of carboxylic acid groups (broad SMARTS) is 1. The first kappa shape index (κ1) is 26.8. The van der Waals surface area contributed by atoms with E-state index in [1.54, 1.807) is 6.07 Å². The summed E-state index contributed by atoms with van der Waals surface area (Å²) in [5.41, 5.74) is 7.49. The molecule has 0 bridgehead atoms. The molecule has 8 heteroatoms. The number of benzene rings is 3. The number of ether oxygens (including phenoxy) is 2. The fourth-order valence-electron chi connectivity index (χ4n) is 5.14. The standard InChI is InChI=1S/C31H28N2O4S.ClH/c1-32-26-19-27(31(34)35)38-30(26)28(21-7-3-2-4-8-21)29(32)22-11-13-24(14-12-22)37-20-23-9-5-6-10-25(23)33-15-17-36-18-16-33;/h2-14,19H,15-18,20H2,1H3,(H,34,35);1H. The van der Waals surface area contributed by atoms with E-state index in [4.69, 9.17) is 9.47 Å². The highest BCUT2D eigenvalue weighted by Crippen LogP contribution is 2.44. The van der Waals surface area contributed by atoms with Crippen LogP contribution in [0.1, 0.15) is 15.2 Å². The average Bonchev–Trinajstić information content (AvgIpc) is 3.52. The number of para-hydroxylation sites is 1. The summed E-state index contributed by atoms with van der Waals surface area (Å²) in [6.45, 7) is 3.75. The molecule has 5 aromatic rings. The Bertz CT molecular complexity index is 1590. The Labute approximate surface area is 237 Å². The van der Waals surface area contributed by atoms with E-state index in [1.807, 2.05) is 43.4 Å². The molecule has 0 unspecified atom stereocenters. The van der Waals surface area contributed by atoms with Crippen molar-refractivity contribution in [1.29, 1.82) is 0 Å². The molecule has 6 rings (SSSR count). The summed E-state index contributed by atoms with van der Waals surface area (Å²) in [7, 11) is 2.00. The molecule has 6 nitrogen and oxygen atoms in total. The molecule has 3 aromatic carbocycles.